The minimum absolute atomic E-state index is 0.0101. The zero-order valence-corrected chi connectivity index (χ0v) is 21.4. The van der Waals surface area contributed by atoms with Crippen molar-refractivity contribution < 1.29 is 18.3 Å². The average Bonchev–Trinajstić information content (AvgIpc) is 3.26. The molecule has 34 heavy (non-hydrogen) atoms. The van der Waals surface area contributed by atoms with Gasteiger partial charge in [-0.1, -0.05) is 36.8 Å². The van der Waals surface area contributed by atoms with Crippen LogP contribution < -0.4 is 0 Å². The number of piperidine rings is 1. The number of hydrogen-bond acceptors (Lipinski definition) is 3. The van der Waals surface area contributed by atoms with Crippen molar-refractivity contribution >= 4 is 5.91 Å². The first-order valence-corrected chi connectivity index (χ1v) is 13.2. The number of nitrogens with zero attached hydrogens (tertiary/aromatic N) is 2. The predicted octanol–water partition coefficient (Wildman–Crippen LogP) is 5.57. The van der Waals surface area contributed by atoms with Crippen molar-refractivity contribution in [2.24, 2.45) is 5.92 Å². The molecule has 190 valence electrons. The minimum atomic E-state index is -2.85. The molecule has 3 atom stereocenters. The van der Waals surface area contributed by atoms with Gasteiger partial charge in [-0.15, -0.1) is 0 Å². The maximum Gasteiger partial charge on any atom is 0.253 e. The Morgan fingerprint density at radius 2 is 1.76 bits per heavy atom. The standard InChI is InChI=1S/C28H42F2N2O2/c1-20(2)32-15-11-23(19-32)34-25-6-5-12-28(29,30)24(25)18-26(33)31-16-13-27(4,14-17-31)22-9-7-21(3)8-10-22/h7-10,20,23-25H,5-6,11-19H2,1-4H3/t23-,24-,25+/m1/s1. The van der Waals surface area contributed by atoms with Crippen molar-refractivity contribution in [1.29, 1.82) is 0 Å². The molecule has 2 aliphatic heterocycles. The molecule has 0 aromatic heterocycles. The molecule has 0 unspecified atom stereocenters. The van der Waals surface area contributed by atoms with Crippen molar-refractivity contribution in [3.8, 4) is 0 Å². The van der Waals surface area contributed by atoms with Crippen LogP contribution in [-0.2, 0) is 14.9 Å². The summed E-state index contributed by atoms with van der Waals surface area (Å²) in [6.07, 6.45) is 2.88. The third-order valence-corrected chi connectivity index (χ3v) is 8.63. The highest BCUT2D eigenvalue weighted by Gasteiger charge is 2.50. The molecular weight excluding hydrogens is 434 g/mol. The van der Waals surface area contributed by atoms with Crippen LogP contribution in [0.3, 0.4) is 0 Å². The minimum Gasteiger partial charge on any atom is -0.373 e. The van der Waals surface area contributed by atoms with E-state index in [0.717, 1.165) is 32.4 Å². The van der Waals surface area contributed by atoms with Crippen LogP contribution in [-0.4, -0.2) is 66.1 Å². The molecule has 1 aromatic rings. The van der Waals surface area contributed by atoms with E-state index in [1.54, 1.807) is 0 Å². The molecule has 2 heterocycles. The largest absolute Gasteiger partial charge is 0.373 e. The molecule has 0 bridgehead atoms. The second-order valence-corrected chi connectivity index (χ2v) is 11.4. The van der Waals surface area contributed by atoms with E-state index in [1.807, 2.05) is 4.90 Å². The lowest BCUT2D eigenvalue weighted by Crippen LogP contribution is -2.49. The molecule has 1 aliphatic carbocycles. The van der Waals surface area contributed by atoms with E-state index in [2.05, 4.69) is 56.9 Å². The normalized spacial score (nSPS) is 29.5. The Kier molecular flexibility index (Phi) is 7.68. The highest BCUT2D eigenvalue weighted by Crippen LogP contribution is 2.43. The third kappa shape index (κ3) is 5.64. The summed E-state index contributed by atoms with van der Waals surface area (Å²) in [4.78, 5) is 17.4. The van der Waals surface area contributed by atoms with Gasteiger partial charge in [0.05, 0.1) is 18.1 Å². The van der Waals surface area contributed by atoms with Crippen LogP contribution in [0.25, 0.3) is 0 Å². The number of rotatable bonds is 6. The Morgan fingerprint density at radius 3 is 2.38 bits per heavy atom. The number of ether oxygens (including phenoxy) is 1. The number of carbonyl (C=O) groups excluding carboxylic acids is 1. The number of amides is 1. The van der Waals surface area contributed by atoms with Gasteiger partial charge < -0.3 is 9.64 Å². The van der Waals surface area contributed by atoms with E-state index in [9.17, 15) is 4.79 Å². The van der Waals surface area contributed by atoms with Crippen molar-refractivity contribution in [2.75, 3.05) is 26.2 Å². The number of likely N-dealkylation sites (tertiary alicyclic amines) is 2. The molecule has 0 N–H and O–H groups in total. The van der Waals surface area contributed by atoms with Crippen LogP contribution in [0.5, 0.6) is 0 Å². The highest BCUT2D eigenvalue weighted by molar-refractivity contribution is 5.76. The highest BCUT2D eigenvalue weighted by atomic mass is 19.3. The Morgan fingerprint density at radius 1 is 1.09 bits per heavy atom. The van der Waals surface area contributed by atoms with Gasteiger partial charge in [-0.2, -0.15) is 0 Å². The van der Waals surface area contributed by atoms with E-state index >= 15 is 8.78 Å². The molecule has 6 heteroatoms. The number of carbonyl (C=O) groups is 1. The molecule has 4 rings (SSSR count). The maximum atomic E-state index is 15.0. The van der Waals surface area contributed by atoms with Crippen molar-refractivity contribution in [1.82, 2.24) is 9.80 Å². The molecular formula is C28H42F2N2O2. The Bertz CT molecular complexity index is 833. The fraction of sp³-hybridized carbons (Fsp3) is 0.750. The first-order chi connectivity index (χ1) is 16.1. The van der Waals surface area contributed by atoms with E-state index in [4.69, 9.17) is 4.74 Å². The first-order valence-electron chi connectivity index (χ1n) is 13.2. The Balaban J connectivity index is 1.36. The summed E-state index contributed by atoms with van der Waals surface area (Å²) in [5.74, 6) is -4.00. The van der Waals surface area contributed by atoms with E-state index in [0.29, 0.717) is 32.0 Å². The lowest BCUT2D eigenvalue weighted by Gasteiger charge is -2.42. The Labute approximate surface area is 204 Å². The molecule has 1 aromatic carbocycles. The third-order valence-electron chi connectivity index (χ3n) is 8.63. The summed E-state index contributed by atoms with van der Waals surface area (Å²) in [6, 6.07) is 9.06. The predicted molar refractivity (Wildman–Crippen MR) is 131 cm³/mol. The molecule has 4 nitrogen and oxygen atoms in total. The van der Waals surface area contributed by atoms with Crippen LogP contribution >= 0.6 is 0 Å². The zero-order valence-electron chi connectivity index (χ0n) is 21.4. The summed E-state index contributed by atoms with van der Waals surface area (Å²) in [5.41, 5.74) is 2.56. The number of halogens is 2. The summed E-state index contributed by atoms with van der Waals surface area (Å²) < 4.78 is 36.4. The first kappa shape index (κ1) is 25.6. The van der Waals surface area contributed by atoms with Gasteiger partial charge in [0, 0.05) is 45.1 Å². The van der Waals surface area contributed by atoms with Crippen molar-refractivity contribution in [3.63, 3.8) is 0 Å². The van der Waals surface area contributed by atoms with Gasteiger partial charge in [-0.05, 0) is 63.9 Å². The number of alkyl halides is 2. The molecule has 0 radical (unpaired) electrons. The molecule has 2 saturated heterocycles. The van der Waals surface area contributed by atoms with E-state index < -0.39 is 17.9 Å². The van der Waals surface area contributed by atoms with Crippen molar-refractivity contribution in [3.05, 3.63) is 35.4 Å². The fourth-order valence-electron chi connectivity index (χ4n) is 6.03. The summed E-state index contributed by atoms with van der Waals surface area (Å²) in [5, 5.41) is 0. The zero-order chi connectivity index (χ0) is 24.5. The van der Waals surface area contributed by atoms with Crippen molar-refractivity contribution in [2.45, 2.75) is 102 Å². The van der Waals surface area contributed by atoms with Gasteiger partial charge in [0.15, 0.2) is 0 Å². The number of benzene rings is 1. The lowest BCUT2D eigenvalue weighted by molar-refractivity contribution is -0.174. The van der Waals surface area contributed by atoms with Gasteiger partial charge in [-0.25, -0.2) is 8.78 Å². The SMILES string of the molecule is Cc1ccc(C2(C)CCN(C(=O)C[C@@H]3[C@@H](O[C@@H]4CCN(C(C)C)C4)CCCC3(F)F)CC2)cc1. The number of aryl methyl sites for hydroxylation is 1. The Hall–Kier alpha value is -1.53. The van der Waals surface area contributed by atoms with Crippen LogP contribution in [0, 0.1) is 12.8 Å². The molecule has 3 fully saturated rings. The maximum absolute atomic E-state index is 15.0. The smallest absolute Gasteiger partial charge is 0.253 e. The molecule has 1 amide bonds. The second-order valence-electron chi connectivity index (χ2n) is 11.4. The molecule has 1 saturated carbocycles. The summed E-state index contributed by atoms with van der Waals surface area (Å²) >= 11 is 0. The molecule has 3 aliphatic rings. The average molecular weight is 477 g/mol. The van der Waals surface area contributed by atoms with E-state index in [1.165, 1.54) is 11.1 Å². The van der Waals surface area contributed by atoms with Crippen LogP contribution in [0.2, 0.25) is 0 Å². The number of hydrogen-bond donors (Lipinski definition) is 0. The van der Waals surface area contributed by atoms with E-state index in [-0.39, 0.29) is 30.3 Å². The van der Waals surface area contributed by atoms with Gasteiger partial charge in [0.2, 0.25) is 5.91 Å². The summed E-state index contributed by atoms with van der Waals surface area (Å²) in [7, 11) is 0. The monoisotopic (exact) mass is 476 g/mol. The topological polar surface area (TPSA) is 32.8 Å². The van der Waals surface area contributed by atoms with Gasteiger partial charge in [-0.3, -0.25) is 9.69 Å². The van der Waals surface area contributed by atoms with Crippen LogP contribution in [0.4, 0.5) is 8.78 Å². The van der Waals surface area contributed by atoms with Gasteiger partial charge in [0.25, 0.3) is 5.92 Å². The van der Waals surface area contributed by atoms with Crippen LogP contribution in [0.15, 0.2) is 24.3 Å². The quantitative estimate of drug-likeness (QED) is 0.538. The second kappa shape index (κ2) is 10.2. The van der Waals surface area contributed by atoms with Gasteiger partial charge >= 0.3 is 0 Å². The van der Waals surface area contributed by atoms with Gasteiger partial charge in [0.1, 0.15) is 0 Å². The summed E-state index contributed by atoms with van der Waals surface area (Å²) in [6.45, 7) is 11.6. The lowest BCUT2D eigenvalue weighted by atomic mass is 9.74. The van der Waals surface area contributed by atoms with Crippen LogP contribution in [0.1, 0.15) is 76.8 Å². The fourth-order valence-corrected chi connectivity index (χ4v) is 6.03. The molecule has 0 spiro atoms.